The monoisotopic (exact) mass is 428 g/mol. The number of hydrogen-bond acceptors (Lipinski definition) is 5. The second kappa shape index (κ2) is 9.09. The fourth-order valence-corrected chi connectivity index (χ4v) is 7.19. The van der Waals surface area contributed by atoms with E-state index in [2.05, 4.69) is 16.7 Å². The molecule has 164 valence electrons. The second-order valence-electron chi connectivity index (χ2n) is 9.66. The molecule has 0 N–H and O–H groups in total. The summed E-state index contributed by atoms with van der Waals surface area (Å²) in [5, 5.41) is 0.944. The average Bonchev–Trinajstić information content (AvgIpc) is 3.16. The summed E-state index contributed by atoms with van der Waals surface area (Å²) in [5.41, 5.74) is 1.54. The second-order valence-corrected chi connectivity index (χ2v) is 10.7. The molecule has 0 spiro atoms. The van der Waals surface area contributed by atoms with E-state index in [4.69, 9.17) is 4.98 Å². The molecular formula is C24H36N4OS. The van der Waals surface area contributed by atoms with Gasteiger partial charge in [-0.1, -0.05) is 26.2 Å². The van der Waals surface area contributed by atoms with Gasteiger partial charge in [0.2, 0.25) is 0 Å². The quantitative estimate of drug-likeness (QED) is 0.724. The summed E-state index contributed by atoms with van der Waals surface area (Å²) in [7, 11) is 0. The molecule has 0 unspecified atom stereocenters. The first-order chi connectivity index (χ1) is 14.7. The van der Waals surface area contributed by atoms with Crippen LogP contribution < -0.4 is 5.56 Å². The summed E-state index contributed by atoms with van der Waals surface area (Å²) in [5.74, 6) is 0.654. The maximum atomic E-state index is 13.3. The summed E-state index contributed by atoms with van der Waals surface area (Å²) in [6, 6.07) is 0.638. The van der Waals surface area contributed by atoms with E-state index in [0.29, 0.717) is 12.0 Å². The van der Waals surface area contributed by atoms with E-state index in [-0.39, 0.29) is 5.56 Å². The number of hydrogen-bond donors (Lipinski definition) is 0. The van der Waals surface area contributed by atoms with Crippen LogP contribution in [-0.4, -0.2) is 58.1 Å². The van der Waals surface area contributed by atoms with Crippen LogP contribution in [0.5, 0.6) is 0 Å². The topological polar surface area (TPSA) is 41.4 Å². The van der Waals surface area contributed by atoms with Crippen LogP contribution in [0, 0.1) is 5.92 Å². The molecule has 2 aromatic heterocycles. The van der Waals surface area contributed by atoms with Crippen molar-refractivity contribution in [3.05, 3.63) is 27.1 Å². The van der Waals surface area contributed by atoms with Gasteiger partial charge >= 0.3 is 0 Å². The van der Waals surface area contributed by atoms with E-state index in [0.717, 1.165) is 29.6 Å². The van der Waals surface area contributed by atoms with Crippen LogP contribution in [0.1, 0.15) is 62.3 Å². The molecule has 2 aliphatic carbocycles. The van der Waals surface area contributed by atoms with Crippen molar-refractivity contribution in [3.63, 3.8) is 0 Å². The molecule has 3 heterocycles. The van der Waals surface area contributed by atoms with Gasteiger partial charge in [-0.2, -0.15) is 0 Å². The SMILES string of the molecule is CCCN1CCN([C@H]2CCc3c(sc4ncn(CC5CCCCC5)c(=O)c34)C2)CC1. The fraction of sp³-hybridized carbons (Fsp3) is 0.750. The van der Waals surface area contributed by atoms with Crippen LogP contribution in [0.4, 0.5) is 0 Å². The predicted octanol–water partition coefficient (Wildman–Crippen LogP) is 3.92. The van der Waals surface area contributed by atoms with Crippen LogP contribution in [0.3, 0.4) is 0 Å². The van der Waals surface area contributed by atoms with Crippen molar-refractivity contribution >= 4 is 21.6 Å². The van der Waals surface area contributed by atoms with Gasteiger partial charge in [0.05, 0.1) is 11.7 Å². The molecule has 0 radical (unpaired) electrons. The van der Waals surface area contributed by atoms with Gasteiger partial charge in [-0.15, -0.1) is 11.3 Å². The van der Waals surface area contributed by atoms with Crippen molar-refractivity contribution in [1.82, 2.24) is 19.4 Å². The van der Waals surface area contributed by atoms with Crippen LogP contribution in [0.15, 0.2) is 11.1 Å². The van der Waals surface area contributed by atoms with E-state index >= 15 is 0 Å². The van der Waals surface area contributed by atoms with Gasteiger partial charge in [-0.25, -0.2) is 4.98 Å². The van der Waals surface area contributed by atoms with E-state index in [9.17, 15) is 4.79 Å². The van der Waals surface area contributed by atoms with E-state index in [1.807, 2.05) is 10.9 Å². The highest BCUT2D eigenvalue weighted by Gasteiger charge is 2.30. The van der Waals surface area contributed by atoms with E-state index < -0.39 is 0 Å². The first-order valence-corrected chi connectivity index (χ1v) is 13.0. The van der Waals surface area contributed by atoms with E-state index in [1.165, 1.54) is 88.1 Å². The minimum atomic E-state index is 0.217. The molecule has 2 aromatic rings. The van der Waals surface area contributed by atoms with Gasteiger partial charge in [0.25, 0.3) is 5.56 Å². The molecule has 0 amide bonds. The Morgan fingerprint density at radius 2 is 1.90 bits per heavy atom. The van der Waals surface area contributed by atoms with E-state index in [1.54, 1.807) is 11.3 Å². The Kier molecular flexibility index (Phi) is 6.26. The molecule has 6 heteroatoms. The zero-order valence-electron chi connectivity index (χ0n) is 18.4. The number of aryl methyl sites for hydroxylation is 1. The number of thiophene rings is 1. The lowest BCUT2D eigenvalue weighted by molar-refractivity contribution is 0.0902. The Bertz CT molecular complexity index is 921. The summed E-state index contributed by atoms with van der Waals surface area (Å²) in [4.78, 5) is 25.8. The lowest BCUT2D eigenvalue weighted by Crippen LogP contribution is -2.51. The third kappa shape index (κ3) is 4.11. The largest absolute Gasteiger partial charge is 0.301 e. The van der Waals surface area contributed by atoms with Crippen LogP contribution in [-0.2, 0) is 19.4 Å². The highest BCUT2D eigenvalue weighted by Crippen LogP contribution is 2.35. The Morgan fingerprint density at radius 1 is 1.10 bits per heavy atom. The Labute approximate surface area is 184 Å². The summed E-state index contributed by atoms with van der Waals surface area (Å²) >= 11 is 1.78. The molecule has 1 saturated heterocycles. The van der Waals surface area contributed by atoms with Crippen molar-refractivity contribution in [1.29, 1.82) is 0 Å². The standard InChI is InChI=1S/C24H36N4OS/c1-2-10-26-11-13-27(14-12-26)19-8-9-20-21(15-19)30-23-22(20)24(29)28(17-25-23)16-18-6-4-3-5-7-18/h17-19H,2-16H2,1H3/t19-/m0/s1. The van der Waals surface area contributed by atoms with Crippen molar-refractivity contribution in [2.24, 2.45) is 5.92 Å². The number of rotatable bonds is 5. The van der Waals surface area contributed by atoms with Gasteiger partial charge in [0.1, 0.15) is 4.83 Å². The lowest BCUT2D eigenvalue weighted by Gasteiger charge is -2.40. The molecule has 1 atom stereocenters. The zero-order chi connectivity index (χ0) is 20.5. The van der Waals surface area contributed by atoms with Crippen molar-refractivity contribution < 1.29 is 0 Å². The molecule has 5 rings (SSSR count). The molecule has 0 bridgehead atoms. The van der Waals surface area contributed by atoms with Gasteiger partial charge in [-0.3, -0.25) is 14.3 Å². The third-order valence-corrected chi connectivity index (χ3v) is 8.81. The van der Waals surface area contributed by atoms with Crippen LogP contribution in [0.2, 0.25) is 0 Å². The molecule has 1 aliphatic heterocycles. The molecule has 1 saturated carbocycles. The van der Waals surface area contributed by atoms with Gasteiger partial charge in [0, 0.05) is 43.6 Å². The zero-order valence-corrected chi connectivity index (χ0v) is 19.3. The van der Waals surface area contributed by atoms with Crippen LogP contribution >= 0.6 is 11.3 Å². The highest BCUT2D eigenvalue weighted by atomic mass is 32.1. The van der Waals surface area contributed by atoms with Crippen LogP contribution in [0.25, 0.3) is 10.2 Å². The minimum Gasteiger partial charge on any atom is -0.301 e. The lowest BCUT2D eigenvalue weighted by atomic mass is 9.89. The Hall–Kier alpha value is -1.24. The minimum absolute atomic E-state index is 0.217. The average molecular weight is 429 g/mol. The number of piperazine rings is 1. The first kappa shape index (κ1) is 20.7. The van der Waals surface area contributed by atoms with Gasteiger partial charge < -0.3 is 4.90 Å². The first-order valence-electron chi connectivity index (χ1n) is 12.2. The molecule has 0 aromatic carbocycles. The van der Waals surface area contributed by atoms with Crippen molar-refractivity contribution in [3.8, 4) is 0 Å². The van der Waals surface area contributed by atoms with Gasteiger partial charge in [-0.05, 0) is 56.6 Å². The molecule has 2 fully saturated rings. The third-order valence-electron chi connectivity index (χ3n) is 7.65. The molecule has 5 nitrogen and oxygen atoms in total. The highest BCUT2D eigenvalue weighted by molar-refractivity contribution is 7.18. The maximum absolute atomic E-state index is 13.3. The summed E-state index contributed by atoms with van der Waals surface area (Å²) < 4.78 is 1.92. The Morgan fingerprint density at radius 3 is 2.67 bits per heavy atom. The number of aromatic nitrogens is 2. The summed E-state index contributed by atoms with van der Waals surface area (Å²) in [6.07, 6.45) is 12.9. The Balaban J connectivity index is 1.32. The van der Waals surface area contributed by atoms with Crippen molar-refractivity contribution in [2.75, 3.05) is 32.7 Å². The van der Waals surface area contributed by atoms with Crippen molar-refractivity contribution in [2.45, 2.75) is 77.3 Å². The summed E-state index contributed by atoms with van der Waals surface area (Å²) in [6.45, 7) is 9.16. The normalized spacial score (nSPS) is 24.4. The number of fused-ring (bicyclic) bond motifs is 3. The van der Waals surface area contributed by atoms with Gasteiger partial charge in [0.15, 0.2) is 0 Å². The predicted molar refractivity (Wildman–Crippen MR) is 125 cm³/mol. The molecule has 30 heavy (non-hydrogen) atoms. The maximum Gasteiger partial charge on any atom is 0.262 e. The fourth-order valence-electron chi connectivity index (χ4n) is 5.94. The molecule has 3 aliphatic rings. The molecular weight excluding hydrogens is 392 g/mol. The smallest absolute Gasteiger partial charge is 0.262 e. The number of nitrogens with zero attached hydrogens (tertiary/aromatic N) is 4.